The van der Waals surface area contributed by atoms with Gasteiger partial charge in [0.15, 0.2) is 0 Å². The molecule has 0 amide bonds. The van der Waals surface area contributed by atoms with Crippen LogP contribution in [0.2, 0.25) is 0 Å². The average molecular weight is 489 g/mol. The van der Waals surface area contributed by atoms with Gasteiger partial charge < -0.3 is 9.94 Å². The van der Waals surface area contributed by atoms with Crippen molar-refractivity contribution >= 4 is 11.7 Å². The molecule has 0 atom stereocenters. The van der Waals surface area contributed by atoms with Gasteiger partial charge in [-0.25, -0.2) is 0 Å². The smallest absolute Gasteiger partial charge is 0.416 e. The zero-order chi connectivity index (χ0) is 25.0. The Morgan fingerprint density at radius 1 is 1.06 bits per heavy atom. The molecule has 0 unspecified atom stereocenters. The van der Waals surface area contributed by atoms with Gasteiger partial charge in [-0.05, 0) is 54.0 Å². The number of hydrogen-bond acceptors (Lipinski definition) is 4. The summed E-state index contributed by atoms with van der Waals surface area (Å²) < 4.78 is 41.3. The van der Waals surface area contributed by atoms with Gasteiger partial charge in [-0.3, -0.25) is 9.69 Å². The van der Waals surface area contributed by atoms with Crippen LogP contribution in [0, 0.1) is 5.92 Å². The molecule has 0 spiro atoms. The van der Waals surface area contributed by atoms with Crippen molar-refractivity contribution in [3.63, 3.8) is 0 Å². The summed E-state index contributed by atoms with van der Waals surface area (Å²) in [7, 11) is 0. The number of carboxylic acids is 1. The number of nitrogens with zero attached hydrogens (tertiary/aromatic N) is 2. The molecule has 8 heteroatoms. The van der Waals surface area contributed by atoms with Crippen molar-refractivity contribution in [2.24, 2.45) is 11.1 Å². The predicted octanol–water partition coefficient (Wildman–Crippen LogP) is 6.21. The lowest BCUT2D eigenvalue weighted by atomic mass is 9.81. The van der Waals surface area contributed by atoms with Crippen molar-refractivity contribution in [3.8, 4) is 0 Å². The fourth-order valence-electron chi connectivity index (χ4n) is 4.93. The van der Waals surface area contributed by atoms with E-state index in [1.807, 2.05) is 24.3 Å². The second-order valence-electron chi connectivity index (χ2n) is 9.63. The van der Waals surface area contributed by atoms with E-state index in [-0.39, 0.29) is 18.4 Å². The Kier molecular flexibility index (Phi) is 7.79. The molecular formula is C27H31F3N2O3. The highest BCUT2D eigenvalue weighted by molar-refractivity contribution is 5.98. The van der Waals surface area contributed by atoms with Crippen molar-refractivity contribution in [1.29, 1.82) is 0 Å². The molecule has 0 aromatic heterocycles. The minimum Gasteiger partial charge on any atom is -0.481 e. The number of carbonyl (C=O) groups is 1. The van der Waals surface area contributed by atoms with E-state index in [4.69, 9.17) is 9.94 Å². The Morgan fingerprint density at radius 3 is 2.34 bits per heavy atom. The number of oxime groups is 1. The third-order valence-electron chi connectivity index (χ3n) is 6.99. The van der Waals surface area contributed by atoms with Gasteiger partial charge in [0, 0.05) is 19.6 Å². The number of aliphatic carboxylic acids is 1. The molecule has 2 aromatic rings. The largest absolute Gasteiger partial charge is 0.481 e. The maximum Gasteiger partial charge on any atom is 0.416 e. The van der Waals surface area contributed by atoms with Gasteiger partial charge in [-0.2, -0.15) is 13.2 Å². The number of alkyl halides is 3. The summed E-state index contributed by atoms with van der Waals surface area (Å²) in [6.45, 7) is 3.56. The molecule has 5 nitrogen and oxygen atoms in total. The van der Waals surface area contributed by atoms with E-state index < -0.39 is 17.7 Å². The monoisotopic (exact) mass is 488 g/mol. The molecular weight excluding hydrogens is 457 g/mol. The van der Waals surface area contributed by atoms with Crippen LogP contribution in [0.1, 0.15) is 72.8 Å². The molecule has 2 fully saturated rings. The summed E-state index contributed by atoms with van der Waals surface area (Å²) in [6.07, 6.45) is 0.268. The van der Waals surface area contributed by atoms with Crippen LogP contribution < -0.4 is 0 Å². The Hall–Kier alpha value is -2.87. The van der Waals surface area contributed by atoms with Crippen LogP contribution in [0.25, 0.3) is 0 Å². The van der Waals surface area contributed by atoms with Crippen molar-refractivity contribution in [1.82, 2.24) is 4.90 Å². The molecule has 1 saturated heterocycles. The third kappa shape index (κ3) is 6.42. The van der Waals surface area contributed by atoms with Crippen LogP contribution in [0.3, 0.4) is 0 Å². The van der Waals surface area contributed by atoms with Crippen LogP contribution in [-0.2, 0) is 29.0 Å². The lowest BCUT2D eigenvalue weighted by molar-refractivity contribution is -0.147. The summed E-state index contributed by atoms with van der Waals surface area (Å²) in [5.41, 5.74) is 2.84. The lowest BCUT2D eigenvalue weighted by Gasteiger charge is -2.36. The first-order valence-corrected chi connectivity index (χ1v) is 12.1. The molecule has 1 aliphatic heterocycles. The molecule has 2 aliphatic rings. The van der Waals surface area contributed by atoms with E-state index in [0.29, 0.717) is 36.5 Å². The van der Waals surface area contributed by atoms with Crippen molar-refractivity contribution in [3.05, 3.63) is 70.3 Å². The molecule has 35 heavy (non-hydrogen) atoms. The lowest BCUT2D eigenvalue weighted by Crippen LogP contribution is -2.49. The average Bonchev–Trinajstić information content (AvgIpc) is 2.81. The van der Waals surface area contributed by atoms with Gasteiger partial charge in [0.05, 0.1) is 17.2 Å². The number of halogens is 3. The number of hydrogen-bond donors (Lipinski definition) is 1. The molecule has 1 heterocycles. The second-order valence-corrected chi connectivity index (χ2v) is 9.63. The van der Waals surface area contributed by atoms with E-state index >= 15 is 0 Å². The number of rotatable bonds is 8. The Labute approximate surface area is 203 Å². The number of likely N-dealkylation sites (tertiary alicyclic amines) is 1. The summed E-state index contributed by atoms with van der Waals surface area (Å²) in [5, 5.41) is 13.1. The van der Waals surface area contributed by atoms with Gasteiger partial charge in [0.1, 0.15) is 6.61 Å². The fraction of sp³-hybridized carbons (Fsp3) is 0.481. The van der Waals surface area contributed by atoms with Crippen molar-refractivity contribution in [2.75, 3.05) is 13.1 Å². The maximum absolute atomic E-state index is 13.8. The minimum atomic E-state index is -4.39. The van der Waals surface area contributed by atoms with Crippen molar-refractivity contribution < 1.29 is 27.9 Å². The molecule has 188 valence electrons. The van der Waals surface area contributed by atoms with Gasteiger partial charge in [-0.1, -0.05) is 60.8 Å². The molecule has 1 saturated carbocycles. The first-order valence-electron chi connectivity index (χ1n) is 12.1. The highest BCUT2D eigenvalue weighted by Gasteiger charge is 2.36. The summed E-state index contributed by atoms with van der Waals surface area (Å²) >= 11 is 0. The second kappa shape index (κ2) is 10.8. The predicted molar refractivity (Wildman–Crippen MR) is 127 cm³/mol. The maximum atomic E-state index is 13.8. The van der Waals surface area contributed by atoms with Crippen LogP contribution in [0.5, 0.6) is 0 Å². The molecule has 0 radical (unpaired) electrons. The fourth-order valence-corrected chi connectivity index (χ4v) is 4.93. The summed E-state index contributed by atoms with van der Waals surface area (Å²) in [5.74, 6) is -1.06. The van der Waals surface area contributed by atoms with Crippen molar-refractivity contribution in [2.45, 2.75) is 64.3 Å². The number of benzene rings is 2. The quantitative estimate of drug-likeness (QED) is 0.355. The molecule has 0 bridgehead atoms. The molecule has 1 N–H and O–H groups in total. The number of carboxylic acid groups (broad SMARTS) is 1. The molecule has 1 aliphatic carbocycles. The third-order valence-corrected chi connectivity index (χ3v) is 6.99. The molecule has 2 aromatic carbocycles. The van der Waals surface area contributed by atoms with Gasteiger partial charge in [0.25, 0.3) is 0 Å². The van der Waals surface area contributed by atoms with E-state index in [1.165, 1.54) is 6.07 Å². The van der Waals surface area contributed by atoms with E-state index in [1.54, 1.807) is 19.1 Å². The van der Waals surface area contributed by atoms with Crippen LogP contribution in [0.15, 0.2) is 47.6 Å². The van der Waals surface area contributed by atoms with Crippen LogP contribution >= 0.6 is 0 Å². The summed E-state index contributed by atoms with van der Waals surface area (Å²) in [4.78, 5) is 18.4. The highest BCUT2D eigenvalue weighted by atomic mass is 19.4. The van der Waals surface area contributed by atoms with E-state index in [9.17, 15) is 18.0 Å². The van der Waals surface area contributed by atoms with Gasteiger partial charge in [-0.15, -0.1) is 0 Å². The zero-order valence-corrected chi connectivity index (χ0v) is 19.9. The zero-order valence-electron chi connectivity index (χ0n) is 19.9. The van der Waals surface area contributed by atoms with E-state index in [2.05, 4.69) is 10.1 Å². The first-order chi connectivity index (χ1) is 16.7. The van der Waals surface area contributed by atoms with Crippen LogP contribution in [0.4, 0.5) is 13.2 Å². The van der Waals surface area contributed by atoms with Gasteiger partial charge in [0.2, 0.25) is 0 Å². The Balaban J connectivity index is 1.34. The summed E-state index contributed by atoms with van der Waals surface area (Å²) in [6, 6.07) is 12.3. The standard InChI is InChI=1S/C27H31F3N2O3/c1-18(21-10-7-19(8-11-21)14-32-15-23(16-32)26(33)34)31-35-17-20-9-12-24(22-5-3-2-4-6-22)25(13-20)27(28,29)30/h7-13,22-23H,2-6,14-17H2,1H3,(H,33,34)/b31-18+. The minimum absolute atomic E-state index is 0.0294. The normalized spacial score (nSPS) is 18.3. The highest BCUT2D eigenvalue weighted by Crippen LogP contribution is 2.41. The Morgan fingerprint density at radius 2 is 1.71 bits per heavy atom. The Bertz CT molecular complexity index is 1050. The molecule has 4 rings (SSSR count). The van der Waals surface area contributed by atoms with Crippen LogP contribution in [-0.4, -0.2) is 34.8 Å². The SMILES string of the molecule is C/C(=N\OCc1ccc(C2CCCCC2)c(C(F)(F)F)c1)c1ccc(CN2CC(C(=O)O)C2)cc1. The van der Waals surface area contributed by atoms with Gasteiger partial charge >= 0.3 is 12.1 Å². The first kappa shape index (κ1) is 25.2. The van der Waals surface area contributed by atoms with E-state index in [0.717, 1.165) is 43.2 Å². The topological polar surface area (TPSA) is 62.1 Å².